The summed E-state index contributed by atoms with van der Waals surface area (Å²) in [6.45, 7) is 8.12. The zero-order valence-corrected chi connectivity index (χ0v) is 9.75. The van der Waals surface area contributed by atoms with Crippen LogP contribution in [0.2, 0.25) is 13.1 Å². The molecule has 0 radical (unpaired) electrons. The lowest BCUT2D eigenvalue weighted by Gasteiger charge is -2.12. The summed E-state index contributed by atoms with van der Waals surface area (Å²) in [7, 11) is -1.17. The minimum atomic E-state index is -1.17. The molecule has 2 nitrogen and oxygen atoms in total. The molecule has 0 bridgehead atoms. The lowest BCUT2D eigenvalue weighted by atomic mass is 10.1. The molecule has 0 N–H and O–H groups in total. The first-order valence-electron chi connectivity index (χ1n) is 4.78. The first kappa shape index (κ1) is 11.7. The van der Waals surface area contributed by atoms with E-state index >= 15 is 0 Å². The van der Waals surface area contributed by atoms with Gasteiger partial charge in [-0.25, -0.2) is 0 Å². The molecule has 0 aromatic heterocycles. The van der Waals surface area contributed by atoms with Crippen LogP contribution in [-0.2, 0) is 9.22 Å². The maximum absolute atomic E-state index is 11.3. The molecule has 12 heavy (non-hydrogen) atoms. The van der Waals surface area contributed by atoms with Crippen molar-refractivity contribution in [2.45, 2.75) is 46.2 Å². The highest BCUT2D eigenvalue weighted by molar-refractivity contribution is 6.50. The van der Waals surface area contributed by atoms with Gasteiger partial charge >= 0.3 is 0 Å². The van der Waals surface area contributed by atoms with Crippen LogP contribution in [-0.4, -0.2) is 15.0 Å². The van der Waals surface area contributed by atoms with Crippen LogP contribution >= 0.6 is 0 Å². The fourth-order valence-electron chi connectivity index (χ4n) is 0.977. The zero-order chi connectivity index (χ0) is 9.56. The molecule has 0 aliphatic rings. The molecule has 0 fully saturated rings. The second-order valence-corrected chi connectivity index (χ2v) is 5.86. The fraction of sp³-hybridized carbons (Fsp3) is 0.889. The summed E-state index contributed by atoms with van der Waals surface area (Å²) in [5.74, 6) is 0.102. The molecule has 0 aliphatic heterocycles. The van der Waals surface area contributed by atoms with Crippen molar-refractivity contribution in [2.24, 2.45) is 5.92 Å². The molecule has 0 rings (SSSR count). The van der Waals surface area contributed by atoms with Gasteiger partial charge in [0.25, 0.3) is 5.97 Å². The van der Waals surface area contributed by atoms with E-state index in [1.54, 1.807) is 0 Å². The number of carbonyl (C=O) groups is 1. The summed E-state index contributed by atoms with van der Waals surface area (Å²) in [4.78, 5) is 11.3. The highest BCUT2D eigenvalue weighted by Gasteiger charge is 2.14. The smallest absolute Gasteiger partial charge is 0.295 e. The van der Waals surface area contributed by atoms with Gasteiger partial charge in [0.05, 0.1) is 5.92 Å². The van der Waals surface area contributed by atoms with Gasteiger partial charge in [0.1, 0.15) is 0 Å². The molecule has 0 aliphatic carbocycles. The van der Waals surface area contributed by atoms with Crippen LogP contribution < -0.4 is 0 Å². The van der Waals surface area contributed by atoms with Gasteiger partial charge in [0, 0.05) is 0 Å². The molecule has 0 aromatic rings. The van der Waals surface area contributed by atoms with E-state index in [4.69, 9.17) is 4.43 Å². The van der Waals surface area contributed by atoms with E-state index in [0.717, 1.165) is 19.3 Å². The summed E-state index contributed by atoms with van der Waals surface area (Å²) in [6.07, 6.45) is 3.24. The number of hydrogen-bond donors (Lipinski definition) is 0. The van der Waals surface area contributed by atoms with E-state index < -0.39 is 9.04 Å². The van der Waals surface area contributed by atoms with Gasteiger partial charge in [-0.2, -0.15) is 0 Å². The van der Waals surface area contributed by atoms with Gasteiger partial charge in [-0.15, -0.1) is 0 Å². The van der Waals surface area contributed by atoms with Crippen LogP contribution in [0.1, 0.15) is 33.1 Å². The molecule has 72 valence electrons. The topological polar surface area (TPSA) is 26.3 Å². The molecular formula is C9H20O2Si. The van der Waals surface area contributed by atoms with Crippen LogP contribution in [0.25, 0.3) is 0 Å². The Bertz CT molecular complexity index is 134. The maximum atomic E-state index is 11.3. The Kier molecular flexibility index (Phi) is 6.07. The van der Waals surface area contributed by atoms with Crippen LogP contribution in [0.3, 0.4) is 0 Å². The van der Waals surface area contributed by atoms with E-state index in [-0.39, 0.29) is 11.9 Å². The number of rotatable bonds is 5. The third kappa shape index (κ3) is 5.35. The van der Waals surface area contributed by atoms with E-state index in [2.05, 4.69) is 6.92 Å². The molecule has 0 heterocycles. The van der Waals surface area contributed by atoms with Crippen molar-refractivity contribution in [3.05, 3.63) is 0 Å². The van der Waals surface area contributed by atoms with Crippen molar-refractivity contribution < 1.29 is 9.22 Å². The molecule has 0 saturated carbocycles. The summed E-state index contributed by atoms with van der Waals surface area (Å²) < 4.78 is 5.21. The fourth-order valence-corrected chi connectivity index (χ4v) is 1.67. The first-order valence-corrected chi connectivity index (χ1v) is 7.56. The van der Waals surface area contributed by atoms with Gasteiger partial charge in [-0.05, 0) is 19.5 Å². The maximum Gasteiger partial charge on any atom is 0.295 e. The Morgan fingerprint density at radius 1 is 1.50 bits per heavy atom. The van der Waals surface area contributed by atoms with Crippen molar-refractivity contribution in [3.63, 3.8) is 0 Å². The van der Waals surface area contributed by atoms with Crippen molar-refractivity contribution in [3.8, 4) is 0 Å². The minimum absolute atomic E-state index is 0.00474. The van der Waals surface area contributed by atoms with Gasteiger partial charge < -0.3 is 4.43 Å². The largest absolute Gasteiger partial charge is 0.522 e. The van der Waals surface area contributed by atoms with Gasteiger partial charge in [0.15, 0.2) is 0 Å². The van der Waals surface area contributed by atoms with Gasteiger partial charge in [-0.1, -0.05) is 26.7 Å². The Balaban J connectivity index is 3.61. The predicted molar refractivity (Wildman–Crippen MR) is 53.7 cm³/mol. The predicted octanol–water partition coefficient (Wildman–Crippen LogP) is 2.34. The molecule has 0 saturated heterocycles. The molecule has 0 spiro atoms. The van der Waals surface area contributed by atoms with Crippen molar-refractivity contribution in [1.82, 2.24) is 0 Å². The molecule has 0 amide bonds. The van der Waals surface area contributed by atoms with Crippen molar-refractivity contribution in [2.75, 3.05) is 0 Å². The van der Waals surface area contributed by atoms with E-state index in [1.807, 2.05) is 20.0 Å². The van der Waals surface area contributed by atoms with Crippen LogP contribution in [0.4, 0.5) is 0 Å². The summed E-state index contributed by atoms with van der Waals surface area (Å²) in [6, 6.07) is 0. The monoisotopic (exact) mass is 188 g/mol. The molecule has 0 aromatic carbocycles. The van der Waals surface area contributed by atoms with Crippen molar-refractivity contribution >= 4 is 15.0 Å². The average Bonchev–Trinajstić information content (AvgIpc) is 1.98. The Labute approximate surface area is 77.0 Å². The summed E-state index contributed by atoms with van der Waals surface area (Å²) >= 11 is 0. The molecule has 1 atom stereocenters. The minimum Gasteiger partial charge on any atom is -0.522 e. The second-order valence-electron chi connectivity index (χ2n) is 3.53. The molecular weight excluding hydrogens is 168 g/mol. The van der Waals surface area contributed by atoms with Gasteiger partial charge in [0.2, 0.25) is 9.04 Å². The zero-order valence-electron chi connectivity index (χ0n) is 8.59. The Morgan fingerprint density at radius 2 is 2.08 bits per heavy atom. The van der Waals surface area contributed by atoms with Crippen LogP contribution in [0.15, 0.2) is 0 Å². The van der Waals surface area contributed by atoms with Crippen molar-refractivity contribution in [1.29, 1.82) is 0 Å². The number of carbonyl (C=O) groups excluding carboxylic acids is 1. The second kappa shape index (κ2) is 6.23. The lowest BCUT2D eigenvalue weighted by molar-refractivity contribution is -0.138. The summed E-state index contributed by atoms with van der Waals surface area (Å²) in [5, 5.41) is 0. The lowest BCUT2D eigenvalue weighted by Crippen LogP contribution is -2.21. The summed E-state index contributed by atoms with van der Waals surface area (Å²) in [5.41, 5.74) is 0. The Hall–Kier alpha value is -0.313. The molecule has 3 heteroatoms. The van der Waals surface area contributed by atoms with Crippen LogP contribution in [0.5, 0.6) is 0 Å². The van der Waals surface area contributed by atoms with E-state index in [1.165, 1.54) is 0 Å². The third-order valence-corrected chi connectivity index (χ3v) is 2.45. The first-order chi connectivity index (χ1) is 5.57. The van der Waals surface area contributed by atoms with E-state index in [9.17, 15) is 4.79 Å². The standard InChI is InChI=1S/C9H20O2Si/c1-5-6-7-8(2)9(10)11-12(3)4/h8,12H,5-7H2,1-4H3. The average molecular weight is 188 g/mol. The quantitative estimate of drug-likeness (QED) is 0.619. The highest BCUT2D eigenvalue weighted by Crippen LogP contribution is 2.09. The number of unbranched alkanes of at least 4 members (excludes halogenated alkanes) is 1. The normalized spacial score (nSPS) is 13.1. The van der Waals surface area contributed by atoms with Crippen LogP contribution in [0, 0.1) is 5.92 Å². The Morgan fingerprint density at radius 3 is 2.50 bits per heavy atom. The third-order valence-electron chi connectivity index (χ3n) is 1.74. The van der Waals surface area contributed by atoms with Gasteiger partial charge in [-0.3, -0.25) is 4.79 Å². The SMILES string of the molecule is CCCCC(C)C(=O)O[SiH](C)C. The molecule has 1 unspecified atom stereocenters. The van der Waals surface area contributed by atoms with E-state index in [0.29, 0.717) is 0 Å². The number of hydrogen-bond acceptors (Lipinski definition) is 2. The highest BCUT2D eigenvalue weighted by atomic mass is 28.3.